The second kappa shape index (κ2) is 5.28. The normalized spacial score (nSPS) is 10.7. The number of imidazole rings is 1. The molecule has 0 aliphatic carbocycles. The van der Waals surface area contributed by atoms with Crippen LogP contribution in [-0.2, 0) is 0 Å². The average Bonchev–Trinajstić information content (AvgIpc) is 2.89. The molecular formula is C16H14N2O3. The number of ether oxygens (including phenoxy) is 1. The molecule has 0 aliphatic rings. The summed E-state index contributed by atoms with van der Waals surface area (Å²) in [5.74, 6) is -0.445. The van der Waals surface area contributed by atoms with E-state index in [1.165, 1.54) is 0 Å². The molecule has 0 saturated carbocycles. The van der Waals surface area contributed by atoms with Crippen molar-refractivity contribution in [1.29, 1.82) is 0 Å². The van der Waals surface area contributed by atoms with Crippen molar-refractivity contribution in [3.05, 3.63) is 54.4 Å². The largest absolute Gasteiger partial charge is 0.490 e. The van der Waals surface area contributed by atoms with Gasteiger partial charge in [0, 0.05) is 11.8 Å². The van der Waals surface area contributed by atoms with Gasteiger partial charge in [-0.15, -0.1) is 0 Å². The molecule has 3 aromatic rings. The van der Waals surface area contributed by atoms with E-state index in [1.807, 2.05) is 37.3 Å². The molecule has 0 atom stereocenters. The summed E-state index contributed by atoms with van der Waals surface area (Å²) in [6.45, 7) is 2.37. The van der Waals surface area contributed by atoms with Crippen LogP contribution in [0.4, 0.5) is 0 Å². The lowest BCUT2D eigenvalue weighted by Gasteiger charge is -2.04. The van der Waals surface area contributed by atoms with Crippen molar-refractivity contribution in [3.63, 3.8) is 0 Å². The molecule has 1 N–H and O–H groups in total. The van der Waals surface area contributed by atoms with Gasteiger partial charge in [-0.3, -0.25) is 4.40 Å². The standard InChI is InChI=1S/C16H14N2O3/c1-2-21-12-9-6-10-18-14(16(19)20)13(17-15(12)18)11-7-4-3-5-8-11/h3-10H,2H2,1H3,(H,19,20). The van der Waals surface area contributed by atoms with Crippen molar-refractivity contribution >= 4 is 11.6 Å². The highest BCUT2D eigenvalue weighted by Crippen LogP contribution is 2.28. The molecular weight excluding hydrogens is 268 g/mol. The second-order valence-corrected chi connectivity index (χ2v) is 4.48. The Morgan fingerprint density at radius 2 is 2.00 bits per heavy atom. The van der Waals surface area contributed by atoms with Crippen LogP contribution in [-0.4, -0.2) is 27.1 Å². The zero-order valence-corrected chi connectivity index (χ0v) is 11.5. The highest BCUT2D eigenvalue weighted by molar-refractivity contribution is 5.95. The van der Waals surface area contributed by atoms with Crippen LogP contribution in [0.3, 0.4) is 0 Å². The van der Waals surface area contributed by atoms with Crippen molar-refractivity contribution in [3.8, 4) is 17.0 Å². The van der Waals surface area contributed by atoms with E-state index in [0.717, 1.165) is 5.56 Å². The Labute approximate surface area is 121 Å². The lowest BCUT2D eigenvalue weighted by Crippen LogP contribution is -2.04. The highest BCUT2D eigenvalue weighted by atomic mass is 16.5. The molecule has 1 aromatic carbocycles. The van der Waals surface area contributed by atoms with Crippen molar-refractivity contribution in [2.45, 2.75) is 6.92 Å². The zero-order chi connectivity index (χ0) is 14.8. The molecule has 0 spiro atoms. The maximum atomic E-state index is 11.6. The number of fused-ring (bicyclic) bond motifs is 1. The first-order valence-electron chi connectivity index (χ1n) is 6.65. The minimum absolute atomic E-state index is 0.137. The number of rotatable bonds is 4. The Kier molecular flexibility index (Phi) is 3.31. The van der Waals surface area contributed by atoms with Gasteiger partial charge in [0.25, 0.3) is 0 Å². The van der Waals surface area contributed by atoms with Crippen LogP contribution in [0.25, 0.3) is 16.9 Å². The Morgan fingerprint density at radius 1 is 1.24 bits per heavy atom. The molecule has 0 bridgehead atoms. The number of pyridine rings is 1. The number of nitrogens with zero attached hydrogens (tertiary/aromatic N) is 2. The number of hydrogen-bond donors (Lipinski definition) is 1. The fourth-order valence-corrected chi connectivity index (χ4v) is 2.31. The van der Waals surface area contributed by atoms with E-state index in [0.29, 0.717) is 23.7 Å². The van der Waals surface area contributed by atoms with Crippen LogP contribution in [0, 0.1) is 0 Å². The van der Waals surface area contributed by atoms with E-state index < -0.39 is 5.97 Å². The molecule has 0 radical (unpaired) electrons. The molecule has 3 rings (SSSR count). The molecule has 5 nitrogen and oxygen atoms in total. The van der Waals surface area contributed by atoms with E-state index in [-0.39, 0.29) is 5.69 Å². The number of benzene rings is 1. The summed E-state index contributed by atoms with van der Waals surface area (Å²) in [4.78, 5) is 16.1. The van der Waals surface area contributed by atoms with Crippen molar-refractivity contribution in [2.24, 2.45) is 0 Å². The topological polar surface area (TPSA) is 63.8 Å². The molecule has 5 heteroatoms. The minimum Gasteiger partial charge on any atom is -0.490 e. The monoisotopic (exact) mass is 282 g/mol. The van der Waals surface area contributed by atoms with Gasteiger partial charge in [0.2, 0.25) is 0 Å². The fourth-order valence-electron chi connectivity index (χ4n) is 2.31. The molecule has 21 heavy (non-hydrogen) atoms. The molecule has 0 unspecified atom stereocenters. The van der Waals surface area contributed by atoms with Gasteiger partial charge in [0.15, 0.2) is 17.1 Å². The predicted octanol–water partition coefficient (Wildman–Crippen LogP) is 3.10. The first-order valence-corrected chi connectivity index (χ1v) is 6.65. The second-order valence-electron chi connectivity index (χ2n) is 4.48. The number of hydrogen-bond acceptors (Lipinski definition) is 3. The molecule has 0 fully saturated rings. The van der Waals surface area contributed by atoms with E-state index in [9.17, 15) is 9.90 Å². The summed E-state index contributed by atoms with van der Waals surface area (Å²) in [6, 6.07) is 12.8. The van der Waals surface area contributed by atoms with Crippen LogP contribution in [0.1, 0.15) is 17.4 Å². The Hall–Kier alpha value is -2.82. The third kappa shape index (κ3) is 2.23. The number of carbonyl (C=O) groups is 1. The van der Waals surface area contributed by atoms with Gasteiger partial charge in [0.05, 0.1) is 6.61 Å². The first-order chi connectivity index (χ1) is 10.2. The minimum atomic E-state index is -1.02. The van der Waals surface area contributed by atoms with Crippen molar-refractivity contribution < 1.29 is 14.6 Å². The van der Waals surface area contributed by atoms with E-state index in [2.05, 4.69) is 4.98 Å². The summed E-state index contributed by atoms with van der Waals surface area (Å²) in [5, 5.41) is 9.53. The third-order valence-electron chi connectivity index (χ3n) is 3.16. The highest BCUT2D eigenvalue weighted by Gasteiger charge is 2.21. The maximum Gasteiger partial charge on any atom is 0.355 e. The summed E-state index contributed by atoms with van der Waals surface area (Å²) in [5.41, 5.74) is 1.85. The average molecular weight is 282 g/mol. The molecule has 0 amide bonds. The first kappa shape index (κ1) is 13.2. The van der Waals surface area contributed by atoms with E-state index >= 15 is 0 Å². The summed E-state index contributed by atoms with van der Waals surface area (Å²) >= 11 is 0. The van der Waals surface area contributed by atoms with Crippen LogP contribution in [0.15, 0.2) is 48.7 Å². The summed E-state index contributed by atoms with van der Waals surface area (Å²) < 4.78 is 7.08. The zero-order valence-electron chi connectivity index (χ0n) is 11.5. The number of aromatic nitrogens is 2. The summed E-state index contributed by atoms with van der Waals surface area (Å²) in [7, 11) is 0. The predicted molar refractivity (Wildman–Crippen MR) is 78.8 cm³/mol. The van der Waals surface area contributed by atoms with Crippen molar-refractivity contribution in [2.75, 3.05) is 6.61 Å². The van der Waals surface area contributed by atoms with Gasteiger partial charge in [-0.05, 0) is 19.1 Å². The Balaban J connectivity index is 2.32. The lowest BCUT2D eigenvalue weighted by molar-refractivity contribution is 0.0690. The number of aromatic carboxylic acids is 1. The van der Waals surface area contributed by atoms with Gasteiger partial charge in [0.1, 0.15) is 5.69 Å². The van der Waals surface area contributed by atoms with Crippen molar-refractivity contribution in [1.82, 2.24) is 9.38 Å². The van der Waals surface area contributed by atoms with Gasteiger partial charge >= 0.3 is 5.97 Å². The molecule has 2 heterocycles. The Morgan fingerprint density at radius 3 is 2.67 bits per heavy atom. The molecule has 2 aromatic heterocycles. The van der Waals surface area contributed by atoms with Crippen LogP contribution in [0.2, 0.25) is 0 Å². The molecule has 0 saturated heterocycles. The van der Waals surface area contributed by atoms with Gasteiger partial charge in [-0.25, -0.2) is 9.78 Å². The third-order valence-corrected chi connectivity index (χ3v) is 3.16. The summed E-state index contributed by atoms with van der Waals surface area (Å²) in [6.07, 6.45) is 1.68. The van der Waals surface area contributed by atoms with Crippen LogP contribution in [0.5, 0.6) is 5.75 Å². The van der Waals surface area contributed by atoms with E-state index in [4.69, 9.17) is 4.74 Å². The maximum absolute atomic E-state index is 11.6. The van der Waals surface area contributed by atoms with Crippen LogP contribution < -0.4 is 4.74 Å². The lowest BCUT2D eigenvalue weighted by atomic mass is 10.1. The number of carboxylic acids is 1. The quantitative estimate of drug-likeness (QED) is 0.798. The molecule has 0 aliphatic heterocycles. The number of carboxylic acid groups (broad SMARTS) is 1. The molecule has 106 valence electrons. The Bertz CT molecular complexity index is 794. The fraction of sp³-hybridized carbons (Fsp3) is 0.125. The van der Waals surface area contributed by atoms with Gasteiger partial charge in [-0.2, -0.15) is 0 Å². The van der Waals surface area contributed by atoms with E-state index in [1.54, 1.807) is 22.7 Å². The van der Waals surface area contributed by atoms with Gasteiger partial charge < -0.3 is 9.84 Å². The smallest absolute Gasteiger partial charge is 0.355 e. The SMILES string of the molecule is CCOc1cccn2c(C(=O)O)c(-c3ccccc3)nc12. The van der Waals surface area contributed by atoms with Gasteiger partial charge in [-0.1, -0.05) is 30.3 Å². The van der Waals surface area contributed by atoms with Crippen LogP contribution >= 0.6 is 0 Å².